The first-order valence-corrected chi connectivity index (χ1v) is 7.42. The van der Waals surface area contributed by atoms with E-state index in [1.807, 2.05) is 24.3 Å². The first-order chi connectivity index (χ1) is 9.86. The summed E-state index contributed by atoms with van der Waals surface area (Å²) >= 11 is 0. The van der Waals surface area contributed by atoms with Gasteiger partial charge in [-0.05, 0) is 18.4 Å². The average Bonchev–Trinajstić information content (AvgIpc) is 2.53. The zero-order valence-corrected chi connectivity index (χ0v) is 11.7. The Morgan fingerprint density at radius 2 is 2.10 bits per heavy atom. The van der Waals surface area contributed by atoms with Gasteiger partial charge in [0.15, 0.2) is 0 Å². The van der Waals surface area contributed by atoms with Gasteiger partial charge in [-0.1, -0.05) is 36.4 Å². The molecule has 2 aliphatic heterocycles. The van der Waals surface area contributed by atoms with Crippen molar-refractivity contribution in [3.05, 3.63) is 48.6 Å². The molecule has 4 atom stereocenters. The number of ether oxygens (including phenoxy) is 3. The molecule has 3 heteroatoms. The summed E-state index contributed by atoms with van der Waals surface area (Å²) in [6.07, 6.45) is 5.33. The van der Waals surface area contributed by atoms with Gasteiger partial charge < -0.3 is 14.2 Å². The zero-order chi connectivity index (χ0) is 13.8. The SMILES string of the molecule is C=C[C@H]1O[C@H]2CCCO[C@@H]2C[C@H]1OCc1ccccc1. The third-order valence-electron chi connectivity index (χ3n) is 4.08. The van der Waals surface area contributed by atoms with Crippen LogP contribution in [-0.4, -0.2) is 31.0 Å². The van der Waals surface area contributed by atoms with Gasteiger partial charge in [-0.3, -0.25) is 0 Å². The number of hydrogen-bond donors (Lipinski definition) is 0. The maximum atomic E-state index is 6.07. The lowest BCUT2D eigenvalue weighted by atomic mass is 9.93. The normalized spacial score (nSPS) is 33.4. The summed E-state index contributed by atoms with van der Waals surface area (Å²) in [4.78, 5) is 0. The van der Waals surface area contributed by atoms with E-state index in [0.717, 1.165) is 25.9 Å². The fourth-order valence-electron chi connectivity index (χ4n) is 2.99. The molecule has 0 amide bonds. The zero-order valence-electron chi connectivity index (χ0n) is 11.7. The topological polar surface area (TPSA) is 27.7 Å². The monoisotopic (exact) mass is 274 g/mol. The number of hydrogen-bond acceptors (Lipinski definition) is 3. The van der Waals surface area contributed by atoms with E-state index in [4.69, 9.17) is 14.2 Å². The van der Waals surface area contributed by atoms with Crippen molar-refractivity contribution in [2.45, 2.75) is 50.3 Å². The highest BCUT2D eigenvalue weighted by molar-refractivity contribution is 5.13. The second-order valence-electron chi connectivity index (χ2n) is 5.50. The highest BCUT2D eigenvalue weighted by atomic mass is 16.6. The predicted octanol–water partition coefficient (Wildman–Crippen LogP) is 3.09. The summed E-state index contributed by atoms with van der Waals surface area (Å²) in [6, 6.07) is 10.2. The van der Waals surface area contributed by atoms with Crippen LogP contribution in [0.5, 0.6) is 0 Å². The predicted molar refractivity (Wildman–Crippen MR) is 77.5 cm³/mol. The van der Waals surface area contributed by atoms with Crippen molar-refractivity contribution in [2.24, 2.45) is 0 Å². The lowest BCUT2D eigenvalue weighted by molar-refractivity contribution is -0.202. The molecule has 0 aromatic heterocycles. The van der Waals surface area contributed by atoms with Crippen LogP contribution < -0.4 is 0 Å². The molecule has 2 saturated heterocycles. The largest absolute Gasteiger partial charge is 0.375 e. The summed E-state index contributed by atoms with van der Waals surface area (Å²) in [5.74, 6) is 0. The standard InChI is InChI=1S/C17H22O3/c1-2-14-16(19-12-13-7-4-3-5-8-13)11-17-15(20-14)9-6-10-18-17/h2-5,7-8,14-17H,1,6,9-12H2/t14-,15+,16-,17-/m1/s1. The van der Waals surface area contributed by atoms with Crippen LogP contribution in [0.3, 0.4) is 0 Å². The summed E-state index contributed by atoms with van der Waals surface area (Å²) in [7, 11) is 0. The first-order valence-electron chi connectivity index (χ1n) is 7.42. The molecule has 0 radical (unpaired) electrons. The molecule has 1 aromatic rings. The van der Waals surface area contributed by atoms with Crippen LogP contribution >= 0.6 is 0 Å². The lowest BCUT2D eigenvalue weighted by Crippen LogP contribution is -2.50. The second kappa shape index (κ2) is 6.53. The van der Waals surface area contributed by atoms with Crippen molar-refractivity contribution in [3.8, 4) is 0 Å². The van der Waals surface area contributed by atoms with Gasteiger partial charge in [-0.15, -0.1) is 6.58 Å². The Hall–Kier alpha value is -1.16. The molecule has 2 aliphatic rings. The molecular weight excluding hydrogens is 252 g/mol. The maximum absolute atomic E-state index is 6.07. The molecule has 3 rings (SSSR count). The van der Waals surface area contributed by atoms with Crippen LogP contribution in [0.4, 0.5) is 0 Å². The number of fused-ring (bicyclic) bond motifs is 1. The van der Waals surface area contributed by atoms with Crippen LogP contribution in [-0.2, 0) is 20.8 Å². The van der Waals surface area contributed by atoms with Gasteiger partial charge in [0.1, 0.15) is 6.10 Å². The third kappa shape index (κ3) is 3.11. The van der Waals surface area contributed by atoms with E-state index in [9.17, 15) is 0 Å². The van der Waals surface area contributed by atoms with Crippen molar-refractivity contribution in [3.63, 3.8) is 0 Å². The fraction of sp³-hybridized carbons (Fsp3) is 0.529. The molecule has 0 aliphatic carbocycles. The summed E-state index contributed by atoms with van der Waals surface area (Å²) < 4.78 is 17.9. The minimum absolute atomic E-state index is 0.0262. The third-order valence-corrected chi connectivity index (χ3v) is 4.08. The summed E-state index contributed by atoms with van der Waals surface area (Å²) in [5, 5.41) is 0. The molecule has 2 heterocycles. The highest BCUT2D eigenvalue weighted by Gasteiger charge is 2.39. The van der Waals surface area contributed by atoms with E-state index in [1.54, 1.807) is 0 Å². The molecule has 3 nitrogen and oxygen atoms in total. The maximum Gasteiger partial charge on any atom is 0.102 e. The van der Waals surface area contributed by atoms with E-state index in [1.165, 1.54) is 5.56 Å². The number of rotatable bonds is 4. The first kappa shape index (κ1) is 13.8. The molecule has 0 spiro atoms. The number of benzene rings is 1. The van der Waals surface area contributed by atoms with E-state index in [-0.39, 0.29) is 24.4 Å². The molecule has 20 heavy (non-hydrogen) atoms. The van der Waals surface area contributed by atoms with Gasteiger partial charge in [0.05, 0.1) is 24.9 Å². The van der Waals surface area contributed by atoms with Crippen molar-refractivity contribution < 1.29 is 14.2 Å². The summed E-state index contributed by atoms with van der Waals surface area (Å²) in [5.41, 5.74) is 1.18. The van der Waals surface area contributed by atoms with Crippen molar-refractivity contribution in [1.82, 2.24) is 0 Å². The second-order valence-corrected chi connectivity index (χ2v) is 5.50. The van der Waals surface area contributed by atoms with Gasteiger partial charge >= 0.3 is 0 Å². The van der Waals surface area contributed by atoms with Crippen LogP contribution in [0.15, 0.2) is 43.0 Å². The Morgan fingerprint density at radius 3 is 2.90 bits per heavy atom. The minimum Gasteiger partial charge on any atom is -0.375 e. The van der Waals surface area contributed by atoms with Crippen LogP contribution in [0.2, 0.25) is 0 Å². The fourth-order valence-corrected chi connectivity index (χ4v) is 2.99. The minimum atomic E-state index is -0.0262. The molecule has 1 aromatic carbocycles. The molecule has 0 unspecified atom stereocenters. The van der Waals surface area contributed by atoms with Gasteiger partial charge in [0.25, 0.3) is 0 Å². The Bertz CT molecular complexity index is 431. The Kier molecular flexibility index (Phi) is 4.51. The van der Waals surface area contributed by atoms with Gasteiger partial charge in [0, 0.05) is 13.0 Å². The van der Waals surface area contributed by atoms with E-state index >= 15 is 0 Å². The Balaban J connectivity index is 1.60. The van der Waals surface area contributed by atoms with Crippen LogP contribution in [0.1, 0.15) is 24.8 Å². The molecule has 0 saturated carbocycles. The van der Waals surface area contributed by atoms with Crippen LogP contribution in [0, 0.1) is 0 Å². The van der Waals surface area contributed by atoms with Crippen molar-refractivity contribution >= 4 is 0 Å². The highest BCUT2D eigenvalue weighted by Crippen LogP contribution is 2.31. The Morgan fingerprint density at radius 1 is 1.25 bits per heavy atom. The smallest absolute Gasteiger partial charge is 0.102 e. The van der Waals surface area contributed by atoms with E-state index in [2.05, 4.69) is 18.7 Å². The molecule has 0 bridgehead atoms. The van der Waals surface area contributed by atoms with E-state index < -0.39 is 0 Å². The molecule has 0 N–H and O–H groups in total. The molecule has 2 fully saturated rings. The lowest BCUT2D eigenvalue weighted by Gasteiger charge is -2.42. The van der Waals surface area contributed by atoms with Crippen molar-refractivity contribution in [1.29, 1.82) is 0 Å². The molecule has 108 valence electrons. The summed E-state index contributed by atoms with van der Waals surface area (Å²) in [6.45, 7) is 5.33. The average molecular weight is 274 g/mol. The molecular formula is C17H22O3. The van der Waals surface area contributed by atoms with Crippen molar-refractivity contribution in [2.75, 3.05) is 6.61 Å². The quantitative estimate of drug-likeness (QED) is 0.790. The van der Waals surface area contributed by atoms with Gasteiger partial charge in [-0.25, -0.2) is 0 Å². The van der Waals surface area contributed by atoms with E-state index in [0.29, 0.717) is 6.61 Å². The van der Waals surface area contributed by atoms with Gasteiger partial charge in [-0.2, -0.15) is 0 Å². The van der Waals surface area contributed by atoms with Gasteiger partial charge in [0.2, 0.25) is 0 Å². The van der Waals surface area contributed by atoms with Crippen LogP contribution in [0.25, 0.3) is 0 Å². The Labute approximate surface area is 120 Å².